The minimum Gasteiger partial charge on any atom is -0.370 e. The van der Waals surface area contributed by atoms with Crippen molar-refractivity contribution >= 4 is 5.82 Å². The van der Waals surface area contributed by atoms with Crippen molar-refractivity contribution < 1.29 is 0 Å². The van der Waals surface area contributed by atoms with E-state index in [0.717, 1.165) is 31.9 Å². The second-order valence-electron chi connectivity index (χ2n) is 4.95. The maximum Gasteiger partial charge on any atom is 0.126 e. The highest BCUT2D eigenvalue weighted by atomic mass is 15.1. The lowest BCUT2D eigenvalue weighted by atomic mass is 10.2. The molecule has 1 heterocycles. The number of nitrogens with zero attached hydrogens (tertiary/aromatic N) is 3. The molecule has 0 aliphatic rings. The summed E-state index contributed by atoms with van der Waals surface area (Å²) in [7, 11) is 0. The van der Waals surface area contributed by atoms with Crippen molar-refractivity contribution in [2.45, 2.75) is 46.2 Å². The number of hydrogen-bond acceptors (Lipinski definition) is 4. The van der Waals surface area contributed by atoms with Gasteiger partial charge in [0.15, 0.2) is 0 Å². The predicted molar refractivity (Wildman–Crippen MR) is 78.8 cm³/mol. The Balaban J connectivity index is 2.65. The molecule has 0 aliphatic heterocycles. The summed E-state index contributed by atoms with van der Waals surface area (Å²) in [5, 5.41) is 12.0. The minimum atomic E-state index is 0.438. The first-order chi connectivity index (χ1) is 9.17. The van der Waals surface area contributed by atoms with Crippen molar-refractivity contribution in [2.24, 2.45) is 0 Å². The van der Waals surface area contributed by atoms with Crippen LogP contribution in [0.25, 0.3) is 0 Å². The molecule has 0 saturated heterocycles. The van der Waals surface area contributed by atoms with Gasteiger partial charge in [-0.05, 0) is 38.0 Å². The van der Waals surface area contributed by atoms with Crippen LogP contribution >= 0.6 is 0 Å². The second kappa shape index (κ2) is 8.49. The smallest absolute Gasteiger partial charge is 0.126 e. The summed E-state index contributed by atoms with van der Waals surface area (Å²) in [5.41, 5.74) is 1.24. The number of rotatable bonds is 8. The first-order valence-electron chi connectivity index (χ1n) is 6.97. The van der Waals surface area contributed by atoms with E-state index >= 15 is 0 Å². The molecule has 0 radical (unpaired) electrons. The van der Waals surface area contributed by atoms with E-state index in [4.69, 9.17) is 5.26 Å². The summed E-state index contributed by atoms with van der Waals surface area (Å²) < 4.78 is 0. The summed E-state index contributed by atoms with van der Waals surface area (Å²) in [4.78, 5) is 6.62. The standard InChI is InChI=1S/C15H24N4/c1-4-8-17-15-11-14(6-9-18-15)12-19(13(2)3)10-5-7-16/h6,9,11,13H,4-5,8,10,12H2,1-3H3,(H,17,18). The maximum atomic E-state index is 8.71. The quantitative estimate of drug-likeness (QED) is 0.780. The van der Waals surface area contributed by atoms with Crippen molar-refractivity contribution in [3.63, 3.8) is 0 Å². The van der Waals surface area contributed by atoms with Gasteiger partial charge in [-0.2, -0.15) is 5.26 Å². The molecule has 0 saturated carbocycles. The van der Waals surface area contributed by atoms with Gasteiger partial charge in [0.2, 0.25) is 0 Å². The number of aromatic nitrogens is 1. The highest BCUT2D eigenvalue weighted by Crippen LogP contribution is 2.12. The largest absolute Gasteiger partial charge is 0.370 e. The monoisotopic (exact) mass is 260 g/mol. The average Bonchev–Trinajstić information content (AvgIpc) is 2.41. The van der Waals surface area contributed by atoms with Crippen LogP contribution in [0, 0.1) is 11.3 Å². The van der Waals surface area contributed by atoms with Crippen LogP contribution in [0.1, 0.15) is 39.2 Å². The number of anilines is 1. The lowest BCUT2D eigenvalue weighted by molar-refractivity contribution is 0.218. The number of nitrogens with one attached hydrogen (secondary N) is 1. The molecular weight excluding hydrogens is 236 g/mol. The van der Waals surface area contributed by atoms with Crippen LogP contribution in [0.2, 0.25) is 0 Å². The van der Waals surface area contributed by atoms with Gasteiger partial charge >= 0.3 is 0 Å². The molecule has 0 bridgehead atoms. The minimum absolute atomic E-state index is 0.438. The lowest BCUT2D eigenvalue weighted by Gasteiger charge is -2.25. The van der Waals surface area contributed by atoms with Crippen LogP contribution in [-0.2, 0) is 6.54 Å². The van der Waals surface area contributed by atoms with E-state index in [2.05, 4.69) is 48.1 Å². The molecule has 0 amide bonds. The SMILES string of the molecule is CCCNc1cc(CN(CCC#N)C(C)C)ccn1. The lowest BCUT2D eigenvalue weighted by Crippen LogP contribution is -2.31. The Kier molecular flexibility index (Phi) is 6.91. The van der Waals surface area contributed by atoms with E-state index < -0.39 is 0 Å². The third kappa shape index (κ3) is 5.71. The highest BCUT2D eigenvalue weighted by molar-refractivity contribution is 5.37. The molecule has 4 heteroatoms. The van der Waals surface area contributed by atoms with Crippen LogP contribution in [-0.4, -0.2) is 29.0 Å². The Bertz CT molecular complexity index is 409. The normalized spacial score (nSPS) is 10.7. The Morgan fingerprint density at radius 1 is 1.47 bits per heavy atom. The molecular formula is C15H24N4. The van der Waals surface area contributed by atoms with Gasteiger partial charge in [0.25, 0.3) is 0 Å². The summed E-state index contributed by atoms with van der Waals surface area (Å²) >= 11 is 0. The molecule has 1 aromatic heterocycles. The van der Waals surface area contributed by atoms with Crippen molar-refractivity contribution in [3.8, 4) is 6.07 Å². The van der Waals surface area contributed by atoms with Crippen LogP contribution in [0.3, 0.4) is 0 Å². The third-order valence-electron chi connectivity index (χ3n) is 3.01. The number of pyridine rings is 1. The molecule has 0 fully saturated rings. The summed E-state index contributed by atoms with van der Waals surface area (Å²) in [6.07, 6.45) is 3.51. The fourth-order valence-electron chi connectivity index (χ4n) is 1.87. The van der Waals surface area contributed by atoms with E-state index in [-0.39, 0.29) is 0 Å². The van der Waals surface area contributed by atoms with Gasteiger partial charge in [0.05, 0.1) is 6.07 Å². The molecule has 104 valence electrons. The third-order valence-corrected chi connectivity index (χ3v) is 3.01. The van der Waals surface area contributed by atoms with Crippen molar-refractivity contribution in [1.82, 2.24) is 9.88 Å². The Labute approximate surface area is 116 Å². The fourth-order valence-corrected chi connectivity index (χ4v) is 1.87. The Hall–Kier alpha value is -1.60. The second-order valence-corrected chi connectivity index (χ2v) is 4.95. The first-order valence-corrected chi connectivity index (χ1v) is 6.97. The van der Waals surface area contributed by atoms with Crippen LogP contribution in [0.4, 0.5) is 5.82 Å². The summed E-state index contributed by atoms with van der Waals surface area (Å²) in [5.74, 6) is 0.934. The molecule has 0 aromatic carbocycles. The van der Waals surface area contributed by atoms with Crippen molar-refractivity contribution in [2.75, 3.05) is 18.4 Å². The molecule has 0 atom stereocenters. The molecule has 0 aliphatic carbocycles. The van der Waals surface area contributed by atoms with Gasteiger partial charge in [0.1, 0.15) is 5.82 Å². The zero-order valence-electron chi connectivity index (χ0n) is 12.2. The molecule has 1 aromatic rings. The van der Waals surface area contributed by atoms with Crippen molar-refractivity contribution in [1.29, 1.82) is 5.26 Å². The van der Waals surface area contributed by atoms with Crippen molar-refractivity contribution in [3.05, 3.63) is 23.9 Å². The fraction of sp³-hybridized carbons (Fsp3) is 0.600. The molecule has 19 heavy (non-hydrogen) atoms. The van der Waals surface area contributed by atoms with Gasteiger partial charge in [-0.1, -0.05) is 6.92 Å². The van der Waals surface area contributed by atoms with Gasteiger partial charge in [-0.3, -0.25) is 4.90 Å². The molecule has 4 nitrogen and oxygen atoms in total. The van der Waals surface area contributed by atoms with Crippen LogP contribution in [0.5, 0.6) is 0 Å². The number of hydrogen-bond donors (Lipinski definition) is 1. The van der Waals surface area contributed by atoms with Gasteiger partial charge in [-0.15, -0.1) is 0 Å². The molecule has 1 N–H and O–H groups in total. The first kappa shape index (κ1) is 15.5. The van der Waals surface area contributed by atoms with E-state index in [9.17, 15) is 0 Å². The van der Waals surface area contributed by atoms with Crippen LogP contribution in [0.15, 0.2) is 18.3 Å². The zero-order chi connectivity index (χ0) is 14.1. The topological polar surface area (TPSA) is 52.0 Å². The predicted octanol–water partition coefficient (Wildman–Crippen LogP) is 3.03. The zero-order valence-corrected chi connectivity index (χ0v) is 12.2. The molecule has 0 unspecified atom stereocenters. The Morgan fingerprint density at radius 2 is 2.26 bits per heavy atom. The van der Waals surface area contributed by atoms with Crippen LogP contribution < -0.4 is 5.32 Å². The molecule has 1 rings (SSSR count). The summed E-state index contributed by atoms with van der Waals surface area (Å²) in [6.45, 7) is 9.08. The Morgan fingerprint density at radius 3 is 2.89 bits per heavy atom. The van der Waals surface area contributed by atoms with E-state index in [1.54, 1.807) is 0 Å². The average molecular weight is 260 g/mol. The number of nitriles is 1. The van der Waals surface area contributed by atoms with E-state index in [0.29, 0.717) is 12.5 Å². The van der Waals surface area contributed by atoms with Gasteiger partial charge < -0.3 is 5.32 Å². The maximum absolute atomic E-state index is 8.71. The van der Waals surface area contributed by atoms with E-state index in [1.807, 2.05) is 12.3 Å². The van der Waals surface area contributed by atoms with Gasteiger partial charge in [-0.25, -0.2) is 4.98 Å². The van der Waals surface area contributed by atoms with E-state index in [1.165, 1.54) is 5.56 Å². The summed E-state index contributed by atoms with van der Waals surface area (Å²) in [6, 6.07) is 6.79. The highest BCUT2D eigenvalue weighted by Gasteiger charge is 2.10. The van der Waals surface area contributed by atoms with Gasteiger partial charge in [0, 0.05) is 38.3 Å². The molecule has 0 spiro atoms.